The zero-order valence-corrected chi connectivity index (χ0v) is 21.6. The number of aryl methyl sites for hydroxylation is 2. The molecular weight excluding hydrogens is 520 g/mol. The SMILES string of the molecule is CCn1nc(C)cc1C(=O)Nc1nc2cc(C(N)=O)cnc2n1CC=CCNc1ccc(C(N)=O)cc1[N+](=O)[O-]. The van der Waals surface area contributed by atoms with Gasteiger partial charge in [0.25, 0.3) is 11.6 Å². The Kier molecular flexibility index (Phi) is 7.84. The third-order valence-corrected chi connectivity index (χ3v) is 5.87. The van der Waals surface area contributed by atoms with Gasteiger partial charge < -0.3 is 16.8 Å². The molecule has 0 unspecified atom stereocenters. The van der Waals surface area contributed by atoms with E-state index in [9.17, 15) is 24.5 Å². The maximum Gasteiger partial charge on any atom is 0.293 e. The van der Waals surface area contributed by atoms with Gasteiger partial charge >= 0.3 is 0 Å². The Hall–Kier alpha value is -5.60. The van der Waals surface area contributed by atoms with E-state index in [1.165, 1.54) is 24.4 Å². The van der Waals surface area contributed by atoms with Crippen LogP contribution in [-0.4, -0.2) is 53.5 Å². The molecule has 0 aliphatic carbocycles. The standard InChI is InChI=1S/C25H26N10O5/c1-3-34-20(10-14(2)32-34)24(38)31-25-30-18-11-16(22(27)37)13-29-23(18)33(25)9-5-4-8-28-17-7-6-15(21(26)36)12-19(17)35(39)40/h4-7,10-13,28H,3,8-9H2,1-2H3,(H2,26,36)(H2,27,37)(H,30,31,38). The molecule has 206 valence electrons. The van der Waals surface area contributed by atoms with Crippen molar-refractivity contribution in [2.45, 2.75) is 26.9 Å². The number of carbonyl (C=O) groups excluding carboxylic acids is 3. The van der Waals surface area contributed by atoms with Gasteiger partial charge in [0.1, 0.15) is 16.9 Å². The molecule has 0 aliphatic heterocycles. The summed E-state index contributed by atoms with van der Waals surface area (Å²) in [6.07, 6.45) is 4.79. The number of aromatic nitrogens is 5. The number of pyridine rings is 1. The van der Waals surface area contributed by atoms with Crippen molar-refractivity contribution in [3.63, 3.8) is 0 Å². The first kappa shape index (κ1) is 27.4. The molecule has 0 atom stereocenters. The van der Waals surface area contributed by atoms with Gasteiger partial charge in [0.2, 0.25) is 17.8 Å². The molecule has 0 radical (unpaired) electrons. The van der Waals surface area contributed by atoms with Crippen LogP contribution in [0.2, 0.25) is 0 Å². The third-order valence-electron chi connectivity index (χ3n) is 5.87. The van der Waals surface area contributed by atoms with Crippen LogP contribution in [0.3, 0.4) is 0 Å². The third kappa shape index (κ3) is 5.77. The van der Waals surface area contributed by atoms with Gasteiger partial charge in [-0.15, -0.1) is 0 Å². The van der Waals surface area contributed by atoms with Gasteiger partial charge in [-0.2, -0.15) is 5.10 Å². The fraction of sp³-hybridized carbons (Fsp3) is 0.200. The highest BCUT2D eigenvalue weighted by Gasteiger charge is 2.19. The number of carbonyl (C=O) groups is 3. The largest absolute Gasteiger partial charge is 0.376 e. The normalized spacial score (nSPS) is 11.2. The van der Waals surface area contributed by atoms with Crippen molar-refractivity contribution in [3.05, 3.63) is 81.3 Å². The van der Waals surface area contributed by atoms with Crippen molar-refractivity contribution >= 4 is 46.2 Å². The molecule has 0 fully saturated rings. The van der Waals surface area contributed by atoms with Crippen molar-refractivity contribution < 1.29 is 19.3 Å². The van der Waals surface area contributed by atoms with Crippen molar-refractivity contribution in [1.82, 2.24) is 24.3 Å². The number of hydrogen-bond donors (Lipinski definition) is 4. The summed E-state index contributed by atoms with van der Waals surface area (Å²) in [7, 11) is 0. The number of amides is 3. The Morgan fingerprint density at radius 1 is 1.10 bits per heavy atom. The summed E-state index contributed by atoms with van der Waals surface area (Å²) in [5, 5.41) is 21.4. The molecule has 0 aliphatic rings. The Bertz CT molecular complexity index is 1670. The summed E-state index contributed by atoms with van der Waals surface area (Å²) in [6, 6.07) is 7.06. The second-order valence-corrected chi connectivity index (χ2v) is 8.62. The Balaban J connectivity index is 1.56. The number of primary amides is 2. The zero-order valence-electron chi connectivity index (χ0n) is 21.6. The highest BCUT2D eigenvalue weighted by molar-refractivity contribution is 6.03. The van der Waals surface area contributed by atoms with Crippen molar-refractivity contribution in [2.75, 3.05) is 17.2 Å². The summed E-state index contributed by atoms with van der Waals surface area (Å²) >= 11 is 0. The highest BCUT2D eigenvalue weighted by atomic mass is 16.6. The van der Waals surface area contributed by atoms with Crippen LogP contribution in [0.15, 0.2) is 48.7 Å². The van der Waals surface area contributed by atoms with E-state index in [4.69, 9.17) is 11.5 Å². The molecule has 15 nitrogen and oxygen atoms in total. The minimum absolute atomic E-state index is 0.0264. The van der Waals surface area contributed by atoms with E-state index < -0.39 is 22.6 Å². The van der Waals surface area contributed by atoms with E-state index in [1.807, 2.05) is 6.92 Å². The van der Waals surface area contributed by atoms with E-state index in [1.54, 1.807) is 34.4 Å². The summed E-state index contributed by atoms with van der Waals surface area (Å²) in [5.41, 5.74) is 12.5. The fourth-order valence-electron chi connectivity index (χ4n) is 3.97. The van der Waals surface area contributed by atoms with Crippen LogP contribution >= 0.6 is 0 Å². The molecule has 6 N–H and O–H groups in total. The average molecular weight is 547 g/mol. The molecule has 4 aromatic rings. The number of imidazole rings is 1. The highest BCUT2D eigenvalue weighted by Crippen LogP contribution is 2.25. The molecule has 4 rings (SSSR count). The molecule has 40 heavy (non-hydrogen) atoms. The van der Waals surface area contributed by atoms with Gasteiger partial charge in [-0.05, 0) is 38.1 Å². The topological polar surface area (TPSA) is 219 Å². The molecule has 3 amide bonds. The van der Waals surface area contributed by atoms with Crippen LogP contribution in [-0.2, 0) is 13.1 Å². The van der Waals surface area contributed by atoms with Crippen molar-refractivity contribution in [1.29, 1.82) is 0 Å². The van der Waals surface area contributed by atoms with Crippen LogP contribution < -0.4 is 22.1 Å². The molecule has 0 spiro atoms. The number of rotatable bonds is 11. The van der Waals surface area contributed by atoms with Crippen LogP contribution in [0.25, 0.3) is 11.2 Å². The number of hydrogen-bond acceptors (Lipinski definition) is 9. The van der Waals surface area contributed by atoms with Crippen molar-refractivity contribution in [3.8, 4) is 0 Å². The second-order valence-electron chi connectivity index (χ2n) is 8.62. The van der Waals surface area contributed by atoms with Crippen molar-refractivity contribution in [2.24, 2.45) is 11.5 Å². The number of anilines is 2. The van der Waals surface area contributed by atoms with Gasteiger partial charge in [-0.3, -0.25) is 39.1 Å². The lowest BCUT2D eigenvalue weighted by Gasteiger charge is -2.09. The van der Waals surface area contributed by atoms with Gasteiger partial charge in [-0.1, -0.05) is 12.2 Å². The number of benzene rings is 1. The smallest absolute Gasteiger partial charge is 0.293 e. The lowest BCUT2D eigenvalue weighted by atomic mass is 10.1. The molecule has 3 aromatic heterocycles. The summed E-state index contributed by atoms with van der Waals surface area (Å²) in [5.74, 6) is -1.67. The Morgan fingerprint density at radius 3 is 2.52 bits per heavy atom. The number of nitrogens with two attached hydrogens (primary N) is 2. The van der Waals surface area contributed by atoms with Crippen LogP contribution in [0.5, 0.6) is 0 Å². The monoisotopic (exact) mass is 546 g/mol. The minimum Gasteiger partial charge on any atom is -0.376 e. The molecular formula is C25H26N10O5. The van der Waals surface area contributed by atoms with Crippen LogP contribution in [0.4, 0.5) is 17.3 Å². The predicted octanol–water partition coefficient (Wildman–Crippen LogP) is 1.98. The Labute approximate surface area is 227 Å². The number of nitrogens with zero attached hydrogens (tertiary/aromatic N) is 6. The molecule has 15 heteroatoms. The number of nitro groups is 1. The maximum absolute atomic E-state index is 13.1. The number of nitrogens with one attached hydrogen (secondary N) is 2. The van der Waals surface area contributed by atoms with E-state index in [0.29, 0.717) is 29.1 Å². The summed E-state index contributed by atoms with van der Waals surface area (Å²) in [6.45, 7) is 4.57. The molecule has 0 bridgehead atoms. The number of nitro benzene ring substituents is 1. The minimum atomic E-state index is -0.768. The molecule has 0 saturated carbocycles. The first-order valence-corrected chi connectivity index (χ1v) is 12.1. The van der Waals surface area contributed by atoms with Crippen LogP contribution in [0, 0.1) is 17.0 Å². The van der Waals surface area contributed by atoms with Gasteiger partial charge in [0, 0.05) is 37.5 Å². The van der Waals surface area contributed by atoms with Gasteiger partial charge in [-0.25, -0.2) is 9.97 Å². The average Bonchev–Trinajstić information content (AvgIpc) is 3.47. The first-order chi connectivity index (χ1) is 19.1. The van der Waals surface area contributed by atoms with E-state index in [2.05, 4.69) is 25.7 Å². The number of allylic oxidation sites excluding steroid dienone is 1. The lowest BCUT2D eigenvalue weighted by Crippen LogP contribution is -2.20. The lowest BCUT2D eigenvalue weighted by molar-refractivity contribution is -0.384. The maximum atomic E-state index is 13.1. The quantitative estimate of drug-likeness (QED) is 0.123. The zero-order chi connectivity index (χ0) is 29.0. The predicted molar refractivity (Wildman–Crippen MR) is 146 cm³/mol. The number of fused-ring (bicyclic) bond motifs is 1. The van der Waals surface area contributed by atoms with E-state index in [-0.39, 0.29) is 41.5 Å². The van der Waals surface area contributed by atoms with Gasteiger partial charge in [0.15, 0.2) is 5.65 Å². The molecule has 1 aromatic carbocycles. The molecule has 3 heterocycles. The van der Waals surface area contributed by atoms with E-state index in [0.717, 1.165) is 6.07 Å². The van der Waals surface area contributed by atoms with E-state index >= 15 is 0 Å². The molecule has 0 saturated heterocycles. The fourth-order valence-corrected chi connectivity index (χ4v) is 3.97. The summed E-state index contributed by atoms with van der Waals surface area (Å²) < 4.78 is 3.21. The second kappa shape index (κ2) is 11.4. The van der Waals surface area contributed by atoms with Crippen LogP contribution in [0.1, 0.15) is 43.8 Å². The first-order valence-electron chi connectivity index (χ1n) is 12.1. The Morgan fingerprint density at radius 2 is 1.85 bits per heavy atom. The van der Waals surface area contributed by atoms with Gasteiger partial charge in [0.05, 0.1) is 16.2 Å². The summed E-state index contributed by atoms with van der Waals surface area (Å²) in [4.78, 5) is 55.6.